The molecule has 0 aliphatic carbocycles. The van der Waals surface area contributed by atoms with Crippen molar-refractivity contribution < 1.29 is 0 Å². The highest BCUT2D eigenvalue weighted by molar-refractivity contribution is 5.38. The van der Waals surface area contributed by atoms with Crippen LogP contribution in [0.25, 0.3) is 0 Å². The fourth-order valence-corrected chi connectivity index (χ4v) is 1.68. The van der Waals surface area contributed by atoms with Crippen LogP contribution in [-0.4, -0.2) is 21.3 Å². The third kappa shape index (κ3) is 3.16. The Labute approximate surface area is 105 Å². The summed E-state index contributed by atoms with van der Waals surface area (Å²) in [4.78, 5) is 15.8. The lowest BCUT2D eigenvalue weighted by Gasteiger charge is -2.06. The summed E-state index contributed by atoms with van der Waals surface area (Å²) in [5, 5.41) is 7.20. The maximum absolute atomic E-state index is 11.8. The Kier molecular flexibility index (Phi) is 4.06. The van der Waals surface area contributed by atoms with Crippen molar-refractivity contribution in [3.05, 3.63) is 52.7 Å². The van der Waals surface area contributed by atoms with E-state index in [0.717, 1.165) is 24.2 Å². The molecule has 2 aromatic heterocycles. The van der Waals surface area contributed by atoms with Crippen LogP contribution >= 0.6 is 0 Å². The van der Waals surface area contributed by atoms with Gasteiger partial charge in [-0.15, -0.1) is 0 Å². The maximum Gasteiger partial charge on any atom is 0.268 e. The van der Waals surface area contributed by atoms with Gasteiger partial charge in [0, 0.05) is 31.5 Å². The van der Waals surface area contributed by atoms with Crippen molar-refractivity contribution in [1.82, 2.24) is 14.8 Å². The van der Waals surface area contributed by atoms with Gasteiger partial charge in [0.2, 0.25) is 0 Å². The van der Waals surface area contributed by atoms with Crippen LogP contribution in [0.5, 0.6) is 0 Å². The van der Waals surface area contributed by atoms with E-state index in [9.17, 15) is 4.79 Å². The Balaban J connectivity index is 2.04. The van der Waals surface area contributed by atoms with E-state index in [-0.39, 0.29) is 5.56 Å². The predicted molar refractivity (Wildman–Crippen MR) is 70.6 cm³/mol. The van der Waals surface area contributed by atoms with Crippen molar-refractivity contribution in [2.45, 2.75) is 19.9 Å². The number of nitrogens with zero attached hydrogens (tertiary/aromatic N) is 3. The molecule has 94 valence electrons. The van der Waals surface area contributed by atoms with Crippen molar-refractivity contribution in [1.29, 1.82) is 0 Å². The molecular weight excluding hydrogens is 228 g/mol. The smallest absolute Gasteiger partial charge is 0.268 e. The topological polar surface area (TPSA) is 59.8 Å². The lowest BCUT2D eigenvalue weighted by Crippen LogP contribution is -2.23. The van der Waals surface area contributed by atoms with Gasteiger partial charge in [0.1, 0.15) is 0 Å². The molecule has 1 N–H and O–H groups in total. The molecule has 0 aromatic carbocycles. The molecule has 0 fully saturated rings. The number of pyridine rings is 1. The Morgan fingerprint density at radius 2 is 2.28 bits per heavy atom. The maximum atomic E-state index is 11.8. The Hall–Kier alpha value is -2.17. The number of anilines is 1. The van der Waals surface area contributed by atoms with Crippen LogP contribution in [0.15, 0.2) is 41.6 Å². The first-order chi connectivity index (χ1) is 8.79. The highest BCUT2D eigenvalue weighted by Gasteiger charge is 2.00. The van der Waals surface area contributed by atoms with Gasteiger partial charge in [-0.3, -0.25) is 9.78 Å². The van der Waals surface area contributed by atoms with Crippen molar-refractivity contribution in [3.63, 3.8) is 0 Å². The molecule has 0 radical (unpaired) electrons. The monoisotopic (exact) mass is 244 g/mol. The highest BCUT2D eigenvalue weighted by Crippen LogP contribution is 2.00. The van der Waals surface area contributed by atoms with Gasteiger partial charge in [-0.2, -0.15) is 5.10 Å². The summed E-state index contributed by atoms with van der Waals surface area (Å²) in [5.74, 6) is 0. The van der Waals surface area contributed by atoms with Crippen LogP contribution in [0.1, 0.15) is 12.5 Å². The van der Waals surface area contributed by atoms with E-state index in [1.54, 1.807) is 24.7 Å². The summed E-state index contributed by atoms with van der Waals surface area (Å²) in [5.41, 5.74) is 1.78. The average Bonchev–Trinajstić information content (AvgIpc) is 2.39. The molecule has 0 aliphatic rings. The van der Waals surface area contributed by atoms with Crippen LogP contribution in [0.3, 0.4) is 0 Å². The van der Waals surface area contributed by atoms with E-state index in [1.807, 2.05) is 19.1 Å². The molecule has 0 aliphatic heterocycles. The fourth-order valence-electron chi connectivity index (χ4n) is 1.68. The molecule has 5 heteroatoms. The van der Waals surface area contributed by atoms with Gasteiger partial charge in [0.05, 0.1) is 11.9 Å². The van der Waals surface area contributed by atoms with Crippen molar-refractivity contribution in [3.8, 4) is 0 Å². The Bertz CT molecular complexity index is 550. The molecule has 0 saturated carbocycles. The second-order valence-corrected chi connectivity index (χ2v) is 3.95. The Morgan fingerprint density at radius 3 is 2.94 bits per heavy atom. The van der Waals surface area contributed by atoms with Gasteiger partial charge in [0.15, 0.2) is 0 Å². The van der Waals surface area contributed by atoms with Gasteiger partial charge >= 0.3 is 0 Å². The quantitative estimate of drug-likeness (QED) is 0.861. The molecular formula is C13H16N4O. The average molecular weight is 244 g/mol. The van der Waals surface area contributed by atoms with E-state index in [2.05, 4.69) is 15.4 Å². The molecule has 2 aromatic rings. The minimum absolute atomic E-state index is 0.0858. The van der Waals surface area contributed by atoms with Gasteiger partial charge in [0.25, 0.3) is 5.56 Å². The minimum atomic E-state index is -0.0858. The largest absolute Gasteiger partial charge is 0.384 e. The number of rotatable bonds is 5. The van der Waals surface area contributed by atoms with E-state index in [4.69, 9.17) is 0 Å². The molecule has 0 atom stereocenters. The van der Waals surface area contributed by atoms with Crippen LogP contribution in [0.2, 0.25) is 0 Å². The third-order valence-corrected chi connectivity index (χ3v) is 2.59. The summed E-state index contributed by atoms with van der Waals surface area (Å²) in [6.45, 7) is 3.33. The number of aromatic nitrogens is 3. The van der Waals surface area contributed by atoms with E-state index in [1.165, 1.54) is 4.68 Å². The SMILES string of the molecule is CCNc1cnn(CCc2cccnc2)c(=O)c1. The molecule has 2 heterocycles. The first-order valence-electron chi connectivity index (χ1n) is 5.99. The zero-order valence-electron chi connectivity index (χ0n) is 10.3. The molecule has 0 saturated heterocycles. The van der Waals surface area contributed by atoms with Gasteiger partial charge < -0.3 is 5.32 Å². The van der Waals surface area contributed by atoms with E-state index >= 15 is 0 Å². The Morgan fingerprint density at radius 1 is 1.39 bits per heavy atom. The molecule has 2 rings (SSSR count). The second-order valence-electron chi connectivity index (χ2n) is 3.95. The predicted octanol–water partition coefficient (Wildman–Crippen LogP) is 1.31. The van der Waals surface area contributed by atoms with Crippen LogP contribution < -0.4 is 10.9 Å². The van der Waals surface area contributed by atoms with Crippen molar-refractivity contribution in [2.24, 2.45) is 0 Å². The lowest BCUT2D eigenvalue weighted by atomic mass is 10.2. The molecule has 0 unspecified atom stereocenters. The summed E-state index contributed by atoms with van der Waals surface area (Å²) >= 11 is 0. The van der Waals surface area contributed by atoms with E-state index in [0.29, 0.717) is 6.54 Å². The fraction of sp³-hybridized carbons (Fsp3) is 0.308. The van der Waals surface area contributed by atoms with Crippen molar-refractivity contribution in [2.75, 3.05) is 11.9 Å². The molecule has 0 bridgehead atoms. The molecule has 0 amide bonds. The number of hydrogen-bond acceptors (Lipinski definition) is 4. The summed E-state index contributed by atoms with van der Waals surface area (Å²) in [6.07, 6.45) is 5.96. The van der Waals surface area contributed by atoms with Gasteiger partial charge in [-0.05, 0) is 25.0 Å². The second kappa shape index (κ2) is 5.95. The van der Waals surface area contributed by atoms with E-state index < -0.39 is 0 Å². The lowest BCUT2D eigenvalue weighted by molar-refractivity contribution is 0.578. The zero-order chi connectivity index (χ0) is 12.8. The van der Waals surface area contributed by atoms with Crippen molar-refractivity contribution >= 4 is 5.69 Å². The zero-order valence-corrected chi connectivity index (χ0v) is 10.3. The molecule has 5 nitrogen and oxygen atoms in total. The first-order valence-corrected chi connectivity index (χ1v) is 5.99. The molecule has 18 heavy (non-hydrogen) atoms. The number of hydrogen-bond donors (Lipinski definition) is 1. The molecule has 0 spiro atoms. The summed E-state index contributed by atoms with van der Waals surface area (Å²) in [6, 6.07) is 5.45. The highest BCUT2D eigenvalue weighted by atomic mass is 16.1. The van der Waals surface area contributed by atoms with Gasteiger partial charge in [-0.25, -0.2) is 4.68 Å². The first kappa shape index (κ1) is 12.3. The van der Waals surface area contributed by atoms with Crippen LogP contribution in [0.4, 0.5) is 5.69 Å². The minimum Gasteiger partial charge on any atom is -0.384 e. The van der Waals surface area contributed by atoms with Crippen LogP contribution in [-0.2, 0) is 13.0 Å². The normalized spacial score (nSPS) is 10.3. The third-order valence-electron chi connectivity index (χ3n) is 2.59. The summed E-state index contributed by atoms with van der Waals surface area (Å²) in [7, 11) is 0. The summed E-state index contributed by atoms with van der Waals surface area (Å²) < 4.78 is 1.47. The van der Waals surface area contributed by atoms with Crippen LogP contribution in [0, 0.1) is 0 Å². The standard InChI is InChI=1S/C13H16N4O/c1-2-15-12-8-13(18)17(16-10-12)7-5-11-4-3-6-14-9-11/h3-4,6,8-10,15H,2,5,7H2,1H3. The van der Waals surface area contributed by atoms with Gasteiger partial charge in [-0.1, -0.05) is 6.07 Å². The number of aryl methyl sites for hydroxylation is 2. The number of nitrogens with one attached hydrogen (secondary N) is 1.